The van der Waals surface area contributed by atoms with E-state index in [2.05, 4.69) is 10.2 Å². The summed E-state index contributed by atoms with van der Waals surface area (Å²) >= 11 is 0. The van der Waals surface area contributed by atoms with E-state index in [-0.39, 0.29) is 11.7 Å². The molecule has 2 heterocycles. The van der Waals surface area contributed by atoms with E-state index in [1.165, 1.54) is 12.1 Å². The van der Waals surface area contributed by atoms with Crippen molar-refractivity contribution in [1.82, 2.24) is 20.0 Å². The van der Waals surface area contributed by atoms with Gasteiger partial charge in [0.2, 0.25) is 0 Å². The van der Waals surface area contributed by atoms with Gasteiger partial charge in [-0.2, -0.15) is 5.10 Å². The Morgan fingerprint density at radius 3 is 2.77 bits per heavy atom. The second kappa shape index (κ2) is 7.97. The molecule has 1 aromatic heterocycles. The number of benzene rings is 1. The van der Waals surface area contributed by atoms with Crippen molar-refractivity contribution in [3.05, 3.63) is 53.6 Å². The number of carbonyl (C=O) groups is 1. The van der Waals surface area contributed by atoms with Gasteiger partial charge in [-0.15, -0.1) is 0 Å². The zero-order valence-corrected chi connectivity index (χ0v) is 15.0. The number of nitrogens with one attached hydrogen (secondary N) is 1. The fraction of sp³-hybridized carbons (Fsp3) is 0.474. The number of aliphatic hydroxyl groups is 1. The van der Waals surface area contributed by atoms with E-state index in [1.807, 2.05) is 11.9 Å². The first-order valence-electron chi connectivity index (χ1n) is 8.89. The second-order valence-electron chi connectivity index (χ2n) is 7.14. The molecule has 0 aliphatic carbocycles. The van der Waals surface area contributed by atoms with E-state index in [1.54, 1.807) is 29.3 Å². The molecule has 0 bridgehead atoms. The Morgan fingerprint density at radius 1 is 1.31 bits per heavy atom. The van der Waals surface area contributed by atoms with E-state index in [0.717, 1.165) is 12.0 Å². The van der Waals surface area contributed by atoms with Gasteiger partial charge in [0.05, 0.1) is 5.60 Å². The Hall–Kier alpha value is -2.25. The molecule has 26 heavy (non-hydrogen) atoms. The highest BCUT2D eigenvalue weighted by Gasteiger charge is 2.33. The van der Waals surface area contributed by atoms with Crippen molar-refractivity contribution in [2.24, 2.45) is 0 Å². The maximum atomic E-state index is 13.0. The number of likely N-dealkylation sites (tertiary alicyclic amines) is 1. The molecule has 1 aliphatic heterocycles. The average molecular weight is 360 g/mol. The van der Waals surface area contributed by atoms with Crippen LogP contribution in [0.25, 0.3) is 0 Å². The Kier molecular flexibility index (Phi) is 5.68. The van der Waals surface area contributed by atoms with Gasteiger partial charge < -0.3 is 10.0 Å². The molecular formula is C19H25FN4O2. The smallest absolute Gasteiger partial charge is 0.271 e. The monoisotopic (exact) mass is 360 g/mol. The number of nitrogens with zero attached hydrogens (tertiary/aromatic N) is 3. The van der Waals surface area contributed by atoms with Gasteiger partial charge in [-0.3, -0.25) is 14.8 Å². The normalized spacial score (nSPS) is 21.0. The number of rotatable bonds is 5. The molecule has 1 aromatic carbocycles. The van der Waals surface area contributed by atoms with Crippen molar-refractivity contribution in [2.45, 2.75) is 31.4 Å². The van der Waals surface area contributed by atoms with Crippen LogP contribution < -0.4 is 0 Å². The van der Waals surface area contributed by atoms with Gasteiger partial charge in [-0.05, 0) is 50.1 Å². The molecular weight excluding hydrogens is 335 g/mol. The van der Waals surface area contributed by atoms with Crippen LogP contribution in [-0.2, 0) is 6.54 Å². The first-order chi connectivity index (χ1) is 12.5. The number of likely N-dealkylation sites (N-methyl/N-ethyl adjacent to an activating group) is 1. The van der Waals surface area contributed by atoms with Gasteiger partial charge in [-0.25, -0.2) is 4.39 Å². The summed E-state index contributed by atoms with van der Waals surface area (Å²) in [5, 5.41) is 17.5. The van der Waals surface area contributed by atoms with Crippen molar-refractivity contribution in [3.63, 3.8) is 0 Å². The molecule has 6 nitrogen and oxygen atoms in total. The molecule has 1 fully saturated rings. The summed E-state index contributed by atoms with van der Waals surface area (Å²) in [7, 11) is 1.94. The second-order valence-corrected chi connectivity index (χ2v) is 7.14. The van der Waals surface area contributed by atoms with Crippen molar-refractivity contribution in [2.75, 3.05) is 26.7 Å². The number of hydrogen-bond acceptors (Lipinski definition) is 4. The summed E-state index contributed by atoms with van der Waals surface area (Å²) in [6.07, 6.45) is 3.49. The van der Waals surface area contributed by atoms with Crippen LogP contribution in [0, 0.1) is 5.82 Å². The van der Waals surface area contributed by atoms with Crippen LogP contribution in [0.5, 0.6) is 0 Å². The molecule has 2 aromatic rings. The van der Waals surface area contributed by atoms with Crippen molar-refractivity contribution in [1.29, 1.82) is 0 Å². The van der Waals surface area contributed by atoms with E-state index in [9.17, 15) is 14.3 Å². The first kappa shape index (κ1) is 18.5. The quantitative estimate of drug-likeness (QED) is 0.856. The third-order valence-corrected chi connectivity index (χ3v) is 4.87. The van der Waals surface area contributed by atoms with Gasteiger partial charge in [0.1, 0.15) is 11.5 Å². The molecule has 140 valence electrons. The van der Waals surface area contributed by atoms with Crippen LogP contribution in [0.4, 0.5) is 4.39 Å². The maximum absolute atomic E-state index is 13.0. The predicted molar refractivity (Wildman–Crippen MR) is 96.0 cm³/mol. The molecule has 0 spiro atoms. The molecule has 1 saturated heterocycles. The lowest BCUT2D eigenvalue weighted by Crippen LogP contribution is -2.42. The highest BCUT2D eigenvalue weighted by Crippen LogP contribution is 2.24. The van der Waals surface area contributed by atoms with E-state index in [4.69, 9.17) is 0 Å². The minimum absolute atomic E-state index is 0.0774. The fourth-order valence-electron chi connectivity index (χ4n) is 3.55. The van der Waals surface area contributed by atoms with Crippen molar-refractivity contribution >= 4 is 5.91 Å². The average Bonchev–Trinajstić information content (AvgIpc) is 3.07. The number of H-pyrrole nitrogens is 1. The topological polar surface area (TPSA) is 72.5 Å². The molecule has 7 heteroatoms. The van der Waals surface area contributed by atoms with Crippen LogP contribution in [0.1, 0.15) is 35.3 Å². The Labute approximate surface area is 152 Å². The Morgan fingerprint density at radius 2 is 2.08 bits per heavy atom. The molecule has 1 aliphatic rings. The summed E-state index contributed by atoms with van der Waals surface area (Å²) in [6, 6.07) is 8.07. The van der Waals surface area contributed by atoms with Gasteiger partial charge in [-0.1, -0.05) is 12.1 Å². The van der Waals surface area contributed by atoms with Crippen LogP contribution >= 0.6 is 0 Å². The summed E-state index contributed by atoms with van der Waals surface area (Å²) in [4.78, 5) is 16.3. The maximum Gasteiger partial charge on any atom is 0.271 e. The van der Waals surface area contributed by atoms with E-state index < -0.39 is 5.60 Å². The summed E-state index contributed by atoms with van der Waals surface area (Å²) in [5.74, 6) is -0.327. The number of amides is 1. The van der Waals surface area contributed by atoms with Crippen molar-refractivity contribution in [3.8, 4) is 0 Å². The standard InChI is InChI=1S/C19H25FN4O2/c1-23(13-15-3-5-16(20)6-4-15)14-19(26)8-2-11-24(12-9-19)18(25)17-7-10-21-22-17/h3-7,10,26H,2,8-9,11-14H2,1H3,(H,21,22). The number of aromatic amines is 1. The third kappa shape index (κ3) is 4.68. The third-order valence-electron chi connectivity index (χ3n) is 4.87. The minimum Gasteiger partial charge on any atom is -0.388 e. The zero-order chi connectivity index (χ0) is 18.6. The number of hydrogen-bond donors (Lipinski definition) is 2. The van der Waals surface area contributed by atoms with Crippen LogP contribution in [0.2, 0.25) is 0 Å². The van der Waals surface area contributed by atoms with Crippen LogP contribution in [0.15, 0.2) is 36.5 Å². The zero-order valence-electron chi connectivity index (χ0n) is 15.0. The summed E-state index contributed by atoms with van der Waals surface area (Å²) in [6.45, 7) is 2.29. The Bertz CT molecular complexity index is 720. The number of carbonyl (C=O) groups excluding carboxylic acids is 1. The Balaban J connectivity index is 1.56. The molecule has 0 radical (unpaired) electrons. The first-order valence-corrected chi connectivity index (χ1v) is 8.89. The molecule has 1 unspecified atom stereocenters. The van der Waals surface area contributed by atoms with Gasteiger partial charge in [0.15, 0.2) is 0 Å². The lowest BCUT2D eigenvalue weighted by molar-refractivity contribution is -0.00402. The van der Waals surface area contributed by atoms with E-state index >= 15 is 0 Å². The van der Waals surface area contributed by atoms with Crippen molar-refractivity contribution < 1.29 is 14.3 Å². The highest BCUT2D eigenvalue weighted by atomic mass is 19.1. The lowest BCUT2D eigenvalue weighted by Gasteiger charge is -2.31. The fourth-order valence-corrected chi connectivity index (χ4v) is 3.55. The molecule has 1 atom stereocenters. The largest absolute Gasteiger partial charge is 0.388 e. The minimum atomic E-state index is -0.836. The van der Waals surface area contributed by atoms with Gasteiger partial charge >= 0.3 is 0 Å². The molecule has 1 amide bonds. The summed E-state index contributed by atoms with van der Waals surface area (Å²) < 4.78 is 13.0. The molecule has 2 N–H and O–H groups in total. The molecule has 3 rings (SSSR count). The SMILES string of the molecule is CN(Cc1ccc(F)cc1)CC1(O)CCCN(C(=O)c2ccn[nH]2)CC1. The lowest BCUT2D eigenvalue weighted by atomic mass is 9.94. The predicted octanol–water partition coefficient (Wildman–Crippen LogP) is 2.04. The molecule has 0 saturated carbocycles. The number of aromatic nitrogens is 2. The van der Waals surface area contributed by atoms with Crippen LogP contribution in [-0.4, -0.2) is 63.3 Å². The number of halogens is 1. The van der Waals surface area contributed by atoms with Gasteiger partial charge in [0, 0.05) is 32.4 Å². The summed E-state index contributed by atoms with van der Waals surface area (Å²) in [5.41, 5.74) is 0.642. The van der Waals surface area contributed by atoms with E-state index in [0.29, 0.717) is 44.7 Å². The van der Waals surface area contributed by atoms with Crippen LogP contribution in [0.3, 0.4) is 0 Å². The highest BCUT2D eigenvalue weighted by molar-refractivity contribution is 5.92. The van der Waals surface area contributed by atoms with Gasteiger partial charge in [0.25, 0.3) is 5.91 Å².